The minimum Gasteiger partial charge on any atom is -0.444 e. The summed E-state index contributed by atoms with van der Waals surface area (Å²) in [4.78, 5) is 33.3. The maximum absolute atomic E-state index is 12.9. The molecule has 0 radical (unpaired) electrons. The van der Waals surface area contributed by atoms with Gasteiger partial charge in [0.1, 0.15) is 10.5 Å². The molecule has 1 aliphatic rings. The number of benzene rings is 1. The van der Waals surface area contributed by atoms with Gasteiger partial charge in [0.2, 0.25) is 15.9 Å². The van der Waals surface area contributed by atoms with E-state index in [1.807, 2.05) is 18.2 Å². The molecule has 1 aliphatic heterocycles. The normalized spacial score (nSPS) is 14.6. The van der Waals surface area contributed by atoms with Crippen LogP contribution < -0.4 is 10.0 Å². The van der Waals surface area contributed by atoms with E-state index < -0.39 is 27.8 Å². The molecule has 0 saturated carbocycles. The van der Waals surface area contributed by atoms with E-state index in [-0.39, 0.29) is 23.9 Å². The van der Waals surface area contributed by atoms with Crippen molar-refractivity contribution >= 4 is 48.7 Å². The van der Waals surface area contributed by atoms with Gasteiger partial charge >= 0.3 is 6.09 Å². The molecule has 0 bridgehead atoms. The van der Waals surface area contributed by atoms with Crippen LogP contribution >= 0.6 is 11.3 Å². The number of nitrogens with zero attached hydrogens (tertiary/aromatic N) is 3. The summed E-state index contributed by atoms with van der Waals surface area (Å²) in [7, 11) is -3.84. The van der Waals surface area contributed by atoms with Crippen LogP contribution in [0.5, 0.6) is 0 Å². The highest BCUT2D eigenvalue weighted by atomic mass is 32.2. The van der Waals surface area contributed by atoms with Crippen molar-refractivity contribution in [1.82, 2.24) is 19.6 Å². The van der Waals surface area contributed by atoms with Gasteiger partial charge < -0.3 is 15.0 Å². The van der Waals surface area contributed by atoms with Crippen molar-refractivity contribution < 1.29 is 22.7 Å². The van der Waals surface area contributed by atoms with E-state index in [9.17, 15) is 18.0 Å². The number of rotatable bonds is 5. The van der Waals surface area contributed by atoms with Gasteiger partial charge in [0.25, 0.3) is 0 Å². The molecule has 34 heavy (non-hydrogen) atoms. The standard InChI is InChI=1S/C22H25N5O5S2/c1-13(28)24-20-25-18-6-5-14(8-19(18)33-20)15-7-17(10-23-9-15)34(30,31)26-16-11-27(12-16)21(29)32-22(2,3)4/h5-10,16,26H,11-12H2,1-4H3,(H,24,25,28). The summed E-state index contributed by atoms with van der Waals surface area (Å²) in [6.07, 6.45) is 2.41. The molecule has 0 atom stereocenters. The molecule has 12 heteroatoms. The Morgan fingerprint density at radius 3 is 2.56 bits per heavy atom. The molecule has 1 fully saturated rings. The predicted octanol–water partition coefficient (Wildman–Crippen LogP) is 3.21. The zero-order valence-corrected chi connectivity index (χ0v) is 20.8. The molecule has 2 aromatic heterocycles. The first-order valence-corrected chi connectivity index (χ1v) is 12.8. The molecule has 3 aromatic rings. The van der Waals surface area contributed by atoms with Crippen LogP contribution in [0.4, 0.5) is 9.93 Å². The number of carbonyl (C=O) groups excluding carboxylic acids is 2. The highest BCUT2D eigenvalue weighted by Crippen LogP contribution is 2.31. The molecule has 180 valence electrons. The average Bonchev–Trinajstić information content (AvgIpc) is 3.09. The number of likely N-dealkylation sites (tertiary alicyclic amines) is 1. The monoisotopic (exact) mass is 503 g/mol. The fourth-order valence-corrected chi connectivity index (χ4v) is 5.50. The van der Waals surface area contributed by atoms with E-state index in [0.717, 1.165) is 15.8 Å². The Morgan fingerprint density at radius 1 is 1.15 bits per heavy atom. The summed E-state index contributed by atoms with van der Waals surface area (Å²) in [5.74, 6) is -0.199. The van der Waals surface area contributed by atoms with E-state index in [4.69, 9.17) is 4.74 Å². The van der Waals surface area contributed by atoms with Crippen molar-refractivity contribution in [1.29, 1.82) is 0 Å². The fourth-order valence-electron chi connectivity index (χ4n) is 3.35. The van der Waals surface area contributed by atoms with E-state index >= 15 is 0 Å². The van der Waals surface area contributed by atoms with E-state index in [0.29, 0.717) is 10.7 Å². The number of carbonyl (C=O) groups is 2. The number of aromatic nitrogens is 2. The number of amides is 2. The van der Waals surface area contributed by atoms with Gasteiger partial charge in [0.15, 0.2) is 5.13 Å². The first kappa shape index (κ1) is 24.0. The molecule has 10 nitrogen and oxygen atoms in total. The Morgan fingerprint density at radius 2 is 1.88 bits per heavy atom. The maximum atomic E-state index is 12.9. The van der Waals surface area contributed by atoms with Gasteiger partial charge in [-0.1, -0.05) is 17.4 Å². The number of nitrogens with one attached hydrogen (secondary N) is 2. The Hall–Kier alpha value is -3.09. The number of thiazole rings is 1. The Labute approximate surface area is 201 Å². The smallest absolute Gasteiger partial charge is 0.410 e. The van der Waals surface area contributed by atoms with Gasteiger partial charge in [-0.15, -0.1) is 0 Å². The van der Waals surface area contributed by atoms with Crippen molar-refractivity contribution in [3.63, 3.8) is 0 Å². The highest BCUT2D eigenvalue weighted by molar-refractivity contribution is 7.89. The zero-order chi connectivity index (χ0) is 24.7. The molecule has 2 N–H and O–H groups in total. The molecular formula is C22H25N5O5S2. The van der Waals surface area contributed by atoms with Crippen LogP contribution in [0.25, 0.3) is 21.3 Å². The average molecular weight is 504 g/mol. The van der Waals surface area contributed by atoms with Gasteiger partial charge in [-0.2, -0.15) is 0 Å². The SMILES string of the molecule is CC(=O)Nc1nc2ccc(-c3cncc(S(=O)(=O)NC4CN(C(=O)OC(C)(C)C)C4)c3)cc2s1. The van der Waals surface area contributed by atoms with Crippen LogP contribution in [0, 0.1) is 0 Å². The Bertz CT molecular complexity index is 1360. The molecule has 2 amide bonds. The second kappa shape index (κ2) is 8.93. The number of ether oxygens (including phenoxy) is 1. The van der Waals surface area contributed by atoms with Gasteiger partial charge in [0, 0.05) is 38.0 Å². The van der Waals surface area contributed by atoms with Crippen LogP contribution in [-0.4, -0.2) is 60.0 Å². The second-order valence-corrected chi connectivity index (χ2v) is 11.7. The lowest BCUT2D eigenvalue weighted by molar-refractivity contribution is -0.114. The zero-order valence-electron chi connectivity index (χ0n) is 19.2. The lowest BCUT2D eigenvalue weighted by atomic mass is 10.1. The van der Waals surface area contributed by atoms with Crippen LogP contribution in [-0.2, 0) is 19.6 Å². The van der Waals surface area contributed by atoms with Gasteiger partial charge in [-0.25, -0.2) is 22.9 Å². The topological polar surface area (TPSA) is 131 Å². The quantitative estimate of drug-likeness (QED) is 0.547. The molecule has 0 unspecified atom stereocenters. The summed E-state index contributed by atoms with van der Waals surface area (Å²) in [5.41, 5.74) is 1.52. The van der Waals surface area contributed by atoms with E-state index in [2.05, 4.69) is 20.0 Å². The second-order valence-electron chi connectivity index (χ2n) is 9.00. The number of sulfonamides is 1. The van der Waals surface area contributed by atoms with Crippen LogP contribution in [0.15, 0.2) is 41.6 Å². The molecule has 1 saturated heterocycles. The van der Waals surface area contributed by atoms with Crippen molar-refractivity contribution in [2.75, 3.05) is 18.4 Å². The molecule has 0 spiro atoms. The molecule has 3 heterocycles. The summed E-state index contributed by atoms with van der Waals surface area (Å²) in [5, 5.41) is 3.17. The van der Waals surface area contributed by atoms with Crippen molar-refractivity contribution in [3.05, 3.63) is 36.7 Å². The van der Waals surface area contributed by atoms with Gasteiger partial charge in [-0.3, -0.25) is 9.78 Å². The van der Waals surface area contributed by atoms with Gasteiger partial charge in [0.05, 0.1) is 16.3 Å². The van der Waals surface area contributed by atoms with Gasteiger partial charge in [-0.05, 0) is 44.5 Å². The molecule has 0 aliphatic carbocycles. The molecule has 1 aromatic carbocycles. The highest BCUT2D eigenvalue weighted by Gasteiger charge is 2.36. The predicted molar refractivity (Wildman–Crippen MR) is 129 cm³/mol. The fraction of sp³-hybridized carbons (Fsp3) is 0.364. The minimum absolute atomic E-state index is 0.0315. The van der Waals surface area contributed by atoms with Crippen LogP contribution in [0.3, 0.4) is 0 Å². The van der Waals surface area contributed by atoms with Crippen molar-refractivity contribution in [2.24, 2.45) is 0 Å². The number of hydrogen-bond donors (Lipinski definition) is 2. The summed E-state index contributed by atoms with van der Waals surface area (Å²) in [6.45, 7) is 7.22. The number of fused-ring (bicyclic) bond motifs is 1. The van der Waals surface area contributed by atoms with E-state index in [1.165, 1.54) is 29.4 Å². The van der Waals surface area contributed by atoms with Crippen molar-refractivity contribution in [2.45, 2.75) is 44.2 Å². The number of hydrogen-bond acceptors (Lipinski definition) is 8. The van der Waals surface area contributed by atoms with Crippen LogP contribution in [0.1, 0.15) is 27.7 Å². The number of pyridine rings is 1. The third kappa shape index (κ3) is 5.51. The largest absolute Gasteiger partial charge is 0.444 e. The summed E-state index contributed by atoms with van der Waals surface area (Å²) in [6, 6.07) is 6.67. The third-order valence-corrected chi connectivity index (χ3v) is 7.30. The number of anilines is 1. The first-order valence-electron chi connectivity index (χ1n) is 10.5. The Kier molecular flexibility index (Phi) is 6.32. The lowest BCUT2D eigenvalue weighted by Crippen LogP contribution is -2.61. The maximum Gasteiger partial charge on any atom is 0.410 e. The summed E-state index contributed by atoms with van der Waals surface area (Å²) < 4.78 is 34.6. The minimum atomic E-state index is -3.84. The van der Waals surface area contributed by atoms with Crippen molar-refractivity contribution in [3.8, 4) is 11.1 Å². The molecular weight excluding hydrogens is 478 g/mol. The van der Waals surface area contributed by atoms with E-state index in [1.54, 1.807) is 33.0 Å². The van der Waals surface area contributed by atoms with Crippen LogP contribution in [0.2, 0.25) is 0 Å². The lowest BCUT2D eigenvalue weighted by Gasteiger charge is -2.39. The summed E-state index contributed by atoms with van der Waals surface area (Å²) >= 11 is 1.33. The first-order chi connectivity index (χ1) is 15.9. The Balaban J connectivity index is 1.47. The third-order valence-electron chi connectivity index (χ3n) is 4.88. The molecule has 4 rings (SSSR count).